The number of hydrogen-bond donors (Lipinski definition) is 1. The molecule has 0 saturated carbocycles. The summed E-state index contributed by atoms with van der Waals surface area (Å²) in [4.78, 5) is 7.87. The van der Waals surface area contributed by atoms with Gasteiger partial charge in [-0.15, -0.1) is 6.58 Å². The summed E-state index contributed by atoms with van der Waals surface area (Å²) in [5, 5.41) is 3.00. The zero-order chi connectivity index (χ0) is 7.23. The zero-order valence-electron chi connectivity index (χ0n) is 5.62. The average Bonchev–Trinajstić information content (AvgIpc) is 2.03. The van der Waals surface area contributed by atoms with Crippen molar-refractivity contribution in [1.29, 1.82) is 0 Å². The molecule has 0 aliphatic heterocycles. The lowest BCUT2D eigenvalue weighted by Gasteiger charge is -1.97. The molecule has 1 aromatic heterocycles. The van der Waals surface area contributed by atoms with Crippen molar-refractivity contribution in [1.82, 2.24) is 9.97 Å². The van der Waals surface area contributed by atoms with Crippen LogP contribution in [0.25, 0.3) is 0 Å². The van der Waals surface area contributed by atoms with Gasteiger partial charge in [-0.3, -0.25) is 4.98 Å². The normalized spacial score (nSPS) is 8.80. The molecule has 0 atom stereocenters. The van der Waals surface area contributed by atoms with Crippen LogP contribution in [0.3, 0.4) is 0 Å². The highest BCUT2D eigenvalue weighted by Gasteiger charge is 1.85. The van der Waals surface area contributed by atoms with Crippen LogP contribution in [0.15, 0.2) is 31.2 Å². The minimum absolute atomic E-state index is 0.721. The minimum Gasteiger partial charge on any atom is -0.365 e. The number of anilines is 1. The quantitative estimate of drug-likeness (QED) is 0.630. The largest absolute Gasteiger partial charge is 0.365 e. The number of nitrogens with zero attached hydrogens (tertiary/aromatic N) is 2. The van der Waals surface area contributed by atoms with Crippen molar-refractivity contribution in [2.45, 2.75) is 0 Å². The van der Waals surface area contributed by atoms with Crippen LogP contribution in [0.2, 0.25) is 0 Å². The van der Waals surface area contributed by atoms with Crippen LogP contribution in [-0.4, -0.2) is 16.5 Å². The molecular weight excluding hydrogens is 126 g/mol. The van der Waals surface area contributed by atoms with Crippen molar-refractivity contribution in [2.24, 2.45) is 0 Å². The third-order valence-electron chi connectivity index (χ3n) is 0.991. The van der Waals surface area contributed by atoms with Crippen LogP contribution >= 0.6 is 0 Å². The lowest BCUT2D eigenvalue weighted by Crippen LogP contribution is -1.99. The monoisotopic (exact) mass is 135 g/mol. The third kappa shape index (κ3) is 1.85. The van der Waals surface area contributed by atoms with Gasteiger partial charge in [0.25, 0.3) is 0 Å². The van der Waals surface area contributed by atoms with E-state index >= 15 is 0 Å². The molecule has 3 nitrogen and oxygen atoms in total. The molecule has 1 heterocycles. The number of hydrogen-bond acceptors (Lipinski definition) is 3. The Morgan fingerprint density at radius 1 is 1.60 bits per heavy atom. The lowest BCUT2D eigenvalue weighted by molar-refractivity contribution is 1.16. The summed E-state index contributed by atoms with van der Waals surface area (Å²) in [6.07, 6.45) is 6.72. The molecule has 0 saturated heterocycles. The van der Waals surface area contributed by atoms with E-state index < -0.39 is 0 Å². The van der Waals surface area contributed by atoms with E-state index in [0.717, 1.165) is 12.4 Å². The average molecular weight is 135 g/mol. The third-order valence-corrected chi connectivity index (χ3v) is 0.991. The number of aromatic nitrogens is 2. The van der Waals surface area contributed by atoms with E-state index in [-0.39, 0.29) is 0 Å². The molecule has 0 aromatic carbocycles. The molecule has 10 heavy (non-hydrogen) atoms. The Bertz CT molecular complexity index is 195. The highest BCUT2D eigenvalue weighted by molar-refractivity contribution is 5.30. The Balaban J connectivity index is 2.50. The minimum atomic E-state index is 0.721. The van der Waals surface area contributed by atoms with Gasteiger partial charge in [-0.1, -0.05) is 6.08 Å². The fourth-order valence-corrected chi connectivity index (χ4v) is 0.567. The van der Waals surface area contributed by atoms with E-state index in [2.05, 4.69) is 21.9 Å². The van der Waals surface area contributed by atoms with Gasteiger partial charge in [0.1, 0.15) is 5.82 Å². The molecule has 0 bridgehead atoms. The van der Waals surface area contributed by atoms with Crippen molar-refractivity contribution in [3.8, 4) is 0 Å². The number of nitrogens with one attached hydrogen (secondary N) is 1. The molecule has 1 N–H and O–H groups in total. The van der Waals surface area contributed by atoms with Crippen LogP contribution in [0, 0.1) is 0 Å². The fourth-order valence-electron chi connectivity index (χ4n) is 0.567. The predicted octanol–water partition coefficient (Wildman–Crippen LogP) is 1.07. The summed E-state index contributed by atoms with van der Waals surface area (Å²) in [7, 11) is 0. The van der Waals surface area contributed by atoms with Gasteiger partial charge in [-0.25, -0.2) is 4.98 Å². The van der Waals surface area contributed by atoms with Crippen LogP contribution < -0.4 is 5.32 Å². The van der Waals surface area contributed by atoms with Gasteiger partial charge < -0.3 is 5.32 Å². The van der Waals surface area contributed by atoms with Gasteiger partial charge >= 0.3 is 0 Å². The molecular formula is C7H9N3. The Kier molecular flexibility index (Phi) is 2.43. The molecule has 0 radical (unpaired) electrons. The van der Waals surface area contributed by atoms with Crippen LogP contribution in [0.1, 0.15) is 0 Å². The second-order valence-corrected chi connectivity index (χ2v) is 1.76. The first-order valence-electron chi connectivity index (χ1n) is 3.04. The second-order valence-electron chi connectivity index (χ2n) is 1.76. The van der Waals surface area contributed by atoms with Crippen LogP contribution in [0.4, 0.5) is 5.82 Å². The zero-order valence-corrected chi connectivity index (χ0v) is 5.62. The summed E-state index contributed by atoms with van der Waals surface area (Å²) >= 11 is 0. The maximum atomic E-state index is 3.99. The molecule has 0 amide bonds. The predicted molar refractivity (Wildman–Crippen MR) is 40.7 cm³/mol. The highest BCUT2D eigenvalue weighted by Crippen LogP contribution is 1.94. The Morgan fingerprint density at radius 2 is 2.50 bits per heavy atom. The second kappa shape index (κ2) is 3.61. The van der Waals surface area contributed by atoms with Gasteiger partial charge in [0, 0.05) is 18.9 Å². The van der Waals surface area contributed by atoms with E-state index in [9.17, 15) is 0 Å². The SMILES string of the molecule is C=CCNc1cnccn1. The van der Waals surface area contributed by atoms with Gasteiger partial charge in [0.05, 0.1) is 6.20 Å². The maximum Gasteiger partial charge on any atom is 0.144 e. The Morgan fingerprint density at radius 3 is 3.10 bits per heavy atom. The Labute approximate surface area is 59.8 Å². The van der Waals surface area contributed by atoms with Gasteiger partial charge in [-0.05, 0) is 0 Å². The summed E-state index contributed by atoms with van der Waals surface area (Å²) < 4.78 is 0. The topological polar surface area (TPSA) is 37.8 Å². The molecule has 0 fully saturated rings. The maximum absolute atomic E-state index is 3.99. The molecule has 0 unspecified atom stereocenters. The summed E-state index contributed by atoms with van der Waals surface area (Å²) in [5.74, 6) is 0.780. The van der Waals surface area contributed by atoms with Crippen molar-refractivity contribution in [2.75, 3.05) is 11.9 Å². The molecule has 1 aromatic rings. The van der Waals surface area contributed by atoms with Crippen LogP contribution in [0.5, 0.6) is 0 Å². The van der Waals surface area contributed by atoms with Crippen LogP contribution in [-0.2, 0) is 0 Å². The van der Waals surface area contributed by atoms with Gasteiger partial charge in [-0.2, -0.15) is 0 Å². The van der Waals surface area contributed by atoms with E-state index in [4.69, 9.17) is 0 Å². The molecule has 0 aliphatic rings. The van der Waals surface area contributed by atoms with E-state index in [1.807, 2.05) is 0 Å². The summed E-state index contributed by atoms with van der Waals surface area (Å²) in [6, 6.07) is 0. The van der Waals surface area contributed by atoms with Gasteiger partial charge in [0.2, 0.25) is 0 Å². The highest BCUT2D eigenvalue weighted by atomic mass is 15.0. The first kappa shape index (κ1) is 6.74. The van der Waals surface area contributed by atoms with Crippen molar-refractivity contribution >= 4 is 5.82 Å². The Hall–Kier alpha value is -1.38. The first-order valence-corrected chi connectivity index (χ1v) is 3.04. The molecule has 3 heteroatoms. The molecule has 0 spiro atoms. The van der Waals surface area contributed by atoms with E-state index in [1.54, 1.807) is 24.7 Å². The summed E-state index contributed by atoms with van der Waals surface area (Å²) in [5.41, 5.74) is 0. The molecule has 52 valence electrons. The van der Waals surface area contributed by atoms with E-state index in [0.29, 0.717) is 0 Å². The number of rotatable bonds is 3. The fraction of sp³-hybridized carbons (Fsp3) is 0.143. The van der Waals surface area contributed by atoms with Gasteiger partial charge in [0.15, 0.2) is 0 Å². The molecule has 1 rings (SSSR count). The van der Waals surface area contributed by atoms with E-state index in [1.165, 1.54) is 0 Å². The lowest BCUT2D eigenvalue weighted by atomic mass is 10.6. The van der Waals surface area contributed by atoms with Crippen molar-refractivity contribution in [3.63, 3.8) is 0 Å². The molecule has 0 aliphatic carbocycles. The van der Waals surface area contributed by atoms with Crippen molar-refractivity contribution in [3.05, 3.63) is 31.2 Å². The summed E-state index contributed by atoms with van der Waals surface area (Å²) in [6.45, 7) is 4.29. The first-order chi connectivity index (χ1) is 4.93. The van der Waals surface area contributed by atoms with Crippen molar-refractivity contribution < 1.29 is 0 Å². The smallest absolute Gasteiger partial charge is 0.144 e. The standard InChI is InChI=1S/C7H9N3/c1-2-3-9-7-6-8-4-5-10-7/h2,4-6H,1,3H2,(H,9,10).